The summed E-state index contributed by atoms with van der Waals surface area (Å²) in [5.74, 6) is 0.282. The number of fused-ring (bicyclic) bond motifs is 1. The van der Waals surface area contributed by atoms with E-state index in [0.29, 0.717) is 50.2 Å². The van der Waals surface area contributed by atoms with Crippen molar-refractivity contribution in [2.24, 2.45) is 0 Å². The van der Waals surface area contributed by atoms with E-state index in [1.807, 2.05) is 32.9 Å². The highest BCUT2D eigenvalue weighted by Gasteiger charge is 2.31. The summed E-state index contributed by atoms with van der Waals surface area (Å²) < 4.78 is 34.7. The molecule has 48 heavy (non-hydrogen) atoms. The van der Waals surface area contributed by atoms with Crippen LogP contribution in [0.1, 0.15) is 46.5 Å². The Morgan fingerprint density at radius 1 is 0.938 bits per heavy atom. The van der Waals surface area contributed by atoms with Crippen LogP contribution >= 0.6 is 11.6 Å². The molecule has 0 saturated carbocycles. The second-order valence-electron chi connectivity index (χ2n) is 13.2. The Hall–Kier alpha value is -4.36. The molecule has 2 aliphatic rings. The number of nitrogens with one attached hydrogen (secondary N) is 2. The number of carbonyl (C=O) groups is 2. The van der Waals surface area contributed by atoms with Gasteiger partial charge in [-0.05, 0) is 70.7 Å². The average Bonchev–Trinajstić information content (AvgIpc) is 3.46. The highest BCUT2D eigenvalue weighted by Crippen LogP contribution is 2.35. The fourth-order valence-electron chi connectivity index (χ4n) is 6.13. The van der Waals surface area contributed by atoms with E-state index >= 15 is 0 Å². The van der Waals surface area contributed by atoms with Crippen LogP contribution in [0.4, 0.5) is 15.5 Å². The van der Waals surface area contributed by atoms with Gasteiger partial charge in [-0.3, -0.25) is 0 Å². The Morgan fingerprint density at radius 3 is 2.38 bits per heavy atom. The number of urea groups is 1. The third-order valence-corrected chi connectivity index (χ3v) is 10.5. The van der Waals surface area contributed by atoms with Gasteiger partial charge in [-0.25, -0.2) is 31.9 Å². The Morgan fingerprint density at radius 2 is 1.65 bits per heavy atom. The minimum absolute atomic E-state index is 0.0365. The Bertz CT molecular complexity index is 1900. The van der Waals surface area contributed by atoms with Crippen molar-refractivity contribution in [3.05, 3.63) is 71.9 Å². The monoisotopic (exact) mass is 693 g/mol. The van der Waals surface area contributed by atoms with Gasteiger partial charge in [0.1, 0.15) is 11.3 Å². The molecule has 1 atom stereocenters. The molecule has 0 radical (unpaired) electrons. The van der Waals surface area contributed by atoms with E-state index in [9.17, 15) is 18.0 Å². The zero-order chi connectivity index (χ0) is 34.1. The summed E-state index contributed by atoms with van der Waals surface area (Å²) in [7, 11) is -4.00. The number of benzene rings is 2. The number of nitrogens with zero attached hydrogens (tertiary/aromatic N) is 5. The lowest BCUT2D eigenvalue weighted by Gasteiger charge is -2.37. The second kappa shape index (κ2) is 13.6. The van der Waals surface area contributed by atoms with Crippen molar-refractivity contribution in [1.29, 1.82) is 0 Å². The van der Waals surface area contributed by atoms with E-state index in [1.54, 1.807) is 58.3 Å². The van der Waals surface area contributed by atoms with Crippen molar-refractivity contribution in [2.75, 3.05) is 31.5 Å². The number of halogens is 1. The maximum atomic E-state index is 13.9. The summed E-state index contributed by atoms with van der Waals surface area (Å²) in [6, 6.07) is 16.9. The van der Waals surface area contributed by atoms with Crippen molar-refractivity contribution >= 4 is 50.6 Å². The number of rotatable bonds is 6. The molecule has 4 aromatic rings. The molecule has 2 fully saturated rings. The number of anilines is 1. The fourth-order valence-corrected chi connectivity index (χ4v) is 7.85. The predicted octanol–water partition coefficient (Wildman–Crippen LogP) is 5.97. The van der Waals surface area contributed by atoms with Crippen LogP contribution in [0.2, 0.25) is 5.02 Å². The van der Waals surface area contributed by atoms with Crippen LogP contribution in [0.25, 0.3) is 22.3 Å². The van der Waals surface area contributed by atoms with Crippen LogP contribution in [0.5, 0.6) is 0 Å². The number of likely N-dealkylation sites (tertiary alicyclic amines) is 2. The minimum Gasteiger partial charge on any atom is -0.444 e. The molecule has 2 aromatic carbocycles. The van der Waals surface area contributed by atoms with Crippen LogP contribution in [0, 0.1) is 0 Å². The van der Waals surface area contributed by atoms with Crippen LogP contribution in [-0.2, 0) is 14.8 Å². The summed E-state index contributed by atoms with van der Waals surface area (Å²) in [5.41, 5.74) is 0.540. The fraction of sp³-hybridized carbons (Fsp3) is 0.412. The summed E-state index contributed by atoms with van der Waals surface area (Å²) in [6.07, 6.45) is 4.01. The lowest BCUT2D eigenvalue weighted by atomic mass is 10.0. The number of hydrogen-bond donors (Lipinski definition) is 2. The van der Waals surface area contributed by atoms with Crippen molar-refractivity contribution in [2.45, 2.75) is 69.0 Å². The van der Waals surface area contributed by atoms with Gasteiger partial charge in [0, 0.05) is 43.6 Å². The number of hydrogen-bond acceptors (Lipinski definition) is 8. The number of carbonyl (C=O) groups excluding carboxylic acids is 2. The first-order valence-electron chi connectivity index (χ1n) is 16.1. The topological polar surface area (TPSA) is 139 Å². The van der Waals surface area contributed by atoms with E-state index in [1.165, 1.54) is 10.2 Å². The molecule has 254 valence electrons. The van der Waals surface area contributed by atoms with Crippen LogP contribution < -0.4 is 10.6 Å². The smallest absolute Gasteiger partial charge is 0.410 e. The van der Waals surface area contributed by atoms with Gasteiger partial charge in [-0.15, -0.1) is 0 Å². The highest BCUT2D eigenvalue weighted by molar-refractivity contribution is 7.90. The normalized spacial score (nSPS) is 17.7. The largest absolute Gasteiger partial charge is 0.444 e. The molecule has 0 aliphatic carbocycles. The number of para-hydroxylation sites is 1. The van der Waals surface area contributed by atoms with Gasteiger partial charge < -0.3 is 25.2 Å². The van der Waals surface area contributed by atoms with Gasteiger partial charge in [-0.1, -0.05) is 48.0 Å². The molecule has 6 rings (SSSR count). The molecule has 4 heterocycles. The first-order chi connectivity index (χ1) is 22.9. The molecule has 0 spiro atoms. The standard InChI is InChI=1S/C34H40ClN7O5S/c1-34(2,3)47-33(44)40-18-15-24(16-19-40)38-32(43)41-17-9-11-25(22-41)37-31-36-21-27(35)30(39-31)29-20-23-10-7-8-14-28(23)42(29)48(45,46)26-12-5-4-6-13-26/h4-8,10,12-14,20-21,24-25H,9,11,15-19,22H2,1-3H3,(H,38,43)(H,36,37,39)/t25-/m1/s1. The Labute approximate surface area is 285 Å². The Balaban J connectivity index is 1.15. The van der Waals surface area contributed by atoms with Gasteiger partial charge in [0.2, 0.25) is 5.95 Å². The Kier molecular flexibility index (Phi) is 9.53. The van der Waals surface area contributed by atoms with Crippen molar-refractivity contribution in [3.8, 4) is 11.4 Å². The zero-order valence-electron chi connectivity index (χ0n) is 27.2. The average molecular weight is 694 g/mol. The van der Waals surface area contributed by atoms with E-state index < -0.39 is 15.6 Å². The first-order valence-corrected chi connectivity index (χ1v) is 17.9. The highest BCUT2D eigenvalue weighted by atomic mass is 35.5. The number of piperidine rings is 2. The number of amides is 3. The third kappa shape index (κ3) is 7.36. The van der Waals surface area contributed by atoms with Crippen LogP contribution in [-0.4, -0.2) is 88.1 Å². The number of aromatic nitrogens is 3. The molecular weight excluding hydrogens is 654 g/mol. The lowest BCUT2D eigenvalue weighted by Crippen LogP contribution is -2.54. The summed E-state index contributed by atoms with van der Waals surface area (Å²) in [5, 5.41) is 7.41. The summed E-state index contributed by atoms with van der Waals surface area (Å²) in [4.78, 5) is 38.4. The third-order valence-electron chi connectivity index (χ3n) is 8.45. The molecule has 14 heteroatoms. The molecule has 2 aromatic heterocycles. The quantitative estimate of drug-likeness (QED) is 0.252. The van der Waals surface area contributed by atoms with E-state index in [4.69, 9.17) is 21.3 Å². The second-order valence-corrected chi connectivity index (χ2v) is 15.4. The maximum absolute atomic E-state index is 13.9. The summed E-state index contributed by atoms with van der Waals surface area (Å²) in [6.45, 7) is 7.62. The van der Waals surface area contributed by atoms with Crippen molar-refractivity contribution in [1.82, 2.24) is 29.1 Å². The van der Waals surface area contributed by atoms with Gasteiger partial charge in [0.25, 0.3) is 10.0 Å². The predicted molar refractivity (Wildman–Crippen MR) is 185 cm³/mol. The molecule has 2 aliphatic heterocycles. The molecule has 2 saturated heterocycles. The maximum Gasteiger partial charge on any atom is 0.410 e. The molecule has 0 bridgehead atoms. The van der Waals surface area contributed by atoms with E-state index in [0.717, 1.165) is 18.2 Å². The van der Waals surface area contributed by atoms with Gasteiger partial charge in [-0.2, -0.15) is 0 Å². The minimum atomic E-state index is -4.00. The molecular formula is C34H40ClN7O5S. The molecule has 12 nitrogen and oxygen atoms in total. The van der Waals surface area contributed by atoms with Gasteiger partial charge in [0.15, 0.2) is 0 Å². The van der Waals surface area contributed by atoms with Gasteiger partial charge >= 0.3 is 12.1 Å². The molecule has 3 amide bonds. The van der Waals surface area contributed by atoms with Crippen molar-refractivity contribution in [3.63, 3.8) is 0 Å². The molecule has 0 unspecified atom stereocenters. The van der Waals surface area contributed by atoms with Crippen molar-refractivity contribution < 1.29 is 22.7 Å². The SMILES string of the molecule is CC(C)(C)OC(=O)N1CCC(NC(=O)N2CCC[C@@H](Nc3ncc(Cl)c(-c4cc5ccccc5n4S(=O)(=O)c4ccccc4)n3)C2)CC1. The van der Waals surface area contributed by atoms with E-state index in [2.05, 4.69) is 15.6 Å². The summed E-state index contributed by atoms with van der Waals surface area (Å²) >= 11 is 6.63. The molecule has 2 N–H and O–H groups in total. The number of ether oxygens (including phenoxy) is 1. The lowest BCUT2D eigenvalue weighted by molar-refractivity contribution is 0.0200. The first kappa shape index (κ1) is 33.5. The zero-order valence-corrected chi connectivity index (χ0v) is 28.8. The van der Waals surface area contributed by atoms with E-state index in [-0.39, 0.29) is 45.8 Å². The van der Waals surface area contributed by atoms with Crippen LogP contribution in [0.3, 0.4) is 0 Å². The van der Waals surface area contributed by atoms with Crippen LogP contribution in [0.15, 0.2) is 71.8 Å². The van der Waals surface area contributed by atoms with Gasteiger partial charge in [0.05, 0.1) is 27.3 Å².